The summed E-state index contributed by atoms with van der Waals surface area (Å²) < 4.78 is 19.5. The lowest BCUT2D eigenvalue weighted by Gasteiger charge is -2.50. The van der Waals surface area contributed by atoms with Crippen molar-refractivity contribution >= 4 is 40.9 Å². The number of hydrazine groups is 1. The first kappa shape index (κ1) is 30.9. The Bertz CT molecular complexity index is 1830. The van der Waals surface area contributed by atoms with E-state index in [9.17, 15) is 23.9 Å². The number of allylic oxidation sites excluding steroid dienone is 2. The number of fused-ring (bicyclic) bond motifs is 4. The number of amides is 4. The number of nitrogens with one attached hydrogen (secondary N) is 1. The van der Waals surface area contributed by atoms with E-state index in [2.05, 4.69) is 5.43 Å². The van der Waals surface area contributed by atoms with Gasteiger partial charge in [0.15, 0.2) is 11.5 Å². The van der Waals surface area contributed by atoms with E-state index >= 15 is 4.79 Å². The summed E-state index contributed by atoms with van der Waals surface area (Å²) in [7, 11) is 0. The summed E-state index contributed by atoms with van der Waals surface area (Å²) in [5.74, 6) is -5.36. The van der Waals surface area contributed by atoms with Gasteiger partial charge in [0.2, 0.25) is 11.8 Å². The molecule has 0 aromatic heterocycles. The quantitative estimate of drug-likeness (QED) is 0.251. The standard InChI is InChI=1S/C36H33ClFN3O6/c1-3-40-32(43)25-15-14-24-26(30(25)34(40)45)18-27-33(44)41(39-23-12-10-22(38)11-13-23)35(46)36(27,20-6-8-21(37)9-7-20)31(24)19-5-16-28(42)29(17-19)47-4-2/h5-14,16-17,25-27,30-31,39,42H,3-4,15,18H2,1-2H3. The minimum atomic E-state index is -1.51. The third-order valence-electron chi connectivity index (χ3n) is 10.3. The molecule has 6 unspecified atom stereocenters. The van der Waals surface area contributed by atoms with Crippen LogP contribution in [0, 0.1) is 29.5 Å². The molecule has 3 aromatic carbocycles. The van der Waals surface area contributed by atoms with Crippen LogP contribution in [0.3, 0.4) is 0 Å². The number of carbonyl (C=O) groups is 4. The fraction of sp³-hybridized carbons (Fsp3) is 0.333. The molecule has 11 heteroatoms. The molecule has 2 aliphatic carbocycles. The van der Waals surface area contributed by atoms with Gasteiger partial charge in [-0.2, -0.15) is 5.01 Å². The molecule has 242 valence electrons. The topological polar surface area (TPSA) is 116 Å². The van der Waals surface area contributed by atoms with Crippen molar-refractivity contribution in [2.45, 2.75) is 38.0 Å². The van der Waals surface area contributed by atoms with E-state index in [1.54, 1.807) is 50.2 Å². The fourth-order valence-corrected chi connectivity index (χ4v) is 8.51. The molecular formula is C36H33ClFN3O6. The average Bonchev–Trinajstić information content (AvgIpc) is 3.44. The second kappa shape index (κ2) is 11.5. The number of hydrogen-bond acceptors (Lipinski definition) is 7. The Morgan fingerprint density at radius 1 is 0.957 bits per heavy atom. The van der Waals surface area contributed by atoms with Crippen molar-refractivity contribution in [3.63, 3.8) is 0 Å². The maximum absolute atomic E-state index is 15.1. The molecule has 6 atom stereocenters. The third-order valence-corrected chi connectivity index (χ3v) is 10.5. The highest BCUT2D eigenvalue weighted by Crippen LogP contribution is 2.64. The van der Waals surface area contributed by atoms with Gasteiger partial charge in [0.1, 0.15) is 5.82 Å². The molecule has 3 aromatic rings. The Labute approximate surface area is 275 Å². The van der Waals surface area contributed by atoms with Gasteiger partial charge >= 0.3 is 0 Å². The lowest BCUT2D eigenvalue weighted by Crippen LogP contribution is -2.53. The Morgan fingerprint density at radius 3 is 2.36 bits per heavy atom. The predicted octanol–water partition coefficient (Wildman–Crippen LogP) is 5.59. The molecule has 4 amide bonds. The molecule has 2 N–H and O–H groups in total. The number of imide groups is 2. The van der Waals surface area contributed by atoms with Crippen LogP contribution in [0.1, 0.15) is 43.7 Å². The highest BCUT2D eigenvalue weighted by atomic mass is 35.5. The number of carbonyl (C=O) groups excluding carboxylic acids is 4. The van der Waals surface area contributed by atoms with Gasteiger partial charge in [0.25, 0.3) is 11.8 Å². The van der Waals surface area contributed by atoms with Crippen molar-refractivity contribution in [1.29, 1.82) is 0 Å². The van der Waals surface area contributed by atoms with E-state index in [1.165, 1.54) is 35.2 Å². The summed E-state index contributed by atoms with van der Waals surface area (Å²) >= 11 is 6.33. The van der Waals surface area contributed by atoms with Gasteiger partial charge in [-0.1, -0.05) is 41.4 Å². The van der Waals surface area contributed by atoms with Gasteiger partial charge in [-0.3, -0.25) is 29.5 Å². The van der Waals surface area contributed by atoms with Gasteiger partial charge in [0.05, 0.1) is 35.5 Å². The Morgan fingerprint density at radius 2 is 1.68 bits per heavy atom. The molecule has 2 saturated heterocycles. The largest absolute Gasteiger partial charge is 0.504 e. The molecule has 9 nitrogen and oxygen atoms in total. The second-order valence-electron chi connectivity index (χ2n) is 12.5. The summed E-state index contributed by atoms with van der Waals surface area (Å²) in [4.78, 5) is 58.2. The van der Waals surface area contributed by atoms with E-state index in [-0.39, 0.29) is 42.9 Å². The third kappa shape index (κ3) is 4.56. The molecule has 0 spiro atoms. The van der Waals surface area contributed by atoms with Crippen LogP contribution in [0.15, 0.2) is 78.4 Å². The molecule has 7 rings (SSSR count). The molecule has 2 aliphatic heterocycles. The van der Waals surface area contributed by atoms with Crippen LogP contribution in [0.25, 0.3) is 0 Å². The van der Waals surface area contributed by atoms with Crippen molar-refractivity contribution in [3.05, 3.63) is 100 Å². The summed E-state index contributed by atoms with van der Waals surface area (Å²) in [6.45, 7) is 4.08. The van der Waals surface area contributed by atoms with Gasteiger partial charge in [-0.05, 0) is 92.3 Å². The maximum atomic E-state index is 15.1. The van der Waals surface area contributed by atoms with E-state index in [0.717, 1.165) is 10.6 Å². The fourth-order valence-electron chi connectivity index (χ4n) is 8.39. The first-order valence-electron chi connectivity index (χ1n) is 15.8. The van der Waals surface area contributed by atoms with Crippen molar-refractivity contribution in [3.8, 4) is 11.5 Å². The summed E-state index contributed by atoms with van der Waals surface area (Å²) in [6, 6.07) is 17.1. The van der Waals surface area contributed by atoms with Crippen molar-refractivity contribution in [2.24, 2.45) is 23.7 Å². The molecule has 0 bridgehead atoms. The molecule has 1 saturated carbocycles. The average molecular weight is 658 g/mol. The zero-order chi connectivity index (χ0) is 33.2. The molecule has 4 aliphatic rings. The summed E-state index contributed by atoms with van der Waals surface area (Å²) in [6.07, 6.45) is 2.42. The zero-order valence-electron chi connectivity index (χ0n) is 25.8. The van der Waals surface area contributed by atoms with Crippen LogP contribution in [0.4, 0.5) is 10.1 Å². The normalized spacial score (nSPS) is 28.2. The lowest BCUT2D eigenvalue weighted by atomic mass is 9.49. The van der Waals surface area contributed by atoms with Gasteiger partial charge in [-0.25, -0.2) is 4.39 Å². The van der Waals surface area contributed by atoms with Crippen LogP contribution in [0.5, 0.6) is 11.5 Å². The van der Waals surface area contributed by atoms with Gasteiger partial charge in [0, 0.05) is 17.5 Å². The number of anilines is 1. The molecule has 2 heterocycles. The van der Waals surface area contributed by atoms with Crippen molar-refractivity contribution in [1.82, 2.24) is 9.91 Å². The minimum Gasteiger partial charge on any atom is -0.504 e. The highest BCUT2D eigenvalue weighted by Gasteiger charge is 2.70. The van der Waals surface area contributed by atoms with Crippen LogP contribution in [-0.4, -0.2) is 51.8 Å². The number of ether oxygens (including phenoxy) is 1. The molecule has 0 radical (unpaired) electrons. The first-order valence-corrected chi connectivity index (χ1v) is 16.2. The summed E-state index contributed by atoms with van der Waals surface area (Å²) in [5.41, 5.74) is 3.70. The molecule has 3 fully saturated rings. The Balaban J connectivity index is 1.47. The number of nitrogens with zero attached hydrogens (tertiary/aromatic N) is 2. The second-order valence-corrected chi connectivity index (χ2v) is 12.9. The number of rotatable bonds is 7. The van der Waals surface area contributed by atoms with Crippen molar-refractivity contribution < 1.29 is 33.4 Å². The number of aromatic hydroxyl groups is 1. The van der Waals surface area contributed by atoms with E-state index in [4.69, 9.17) is 16.3 Å². The van der Waals surface area contributed by atoms with Crippen LogP contribution >= 0.6 is 11.6 Å². The SMILES string of the molecule is CCOc1cc(C2C3=CCC4C(=O)N(CC)C(=O)C4C3CC3C(=O)N(Nc4ccc(F)cc4)C(=O)C32c2ccc(Cl)cc2)ccc1O. The Hall–Kier alpha value is -4.70. The number of phenols is 1. The van der Waals surface area contributed by atoms with Crippen LogP contribution in [-0.2, 0) is 24.6 Å². The highest BCUT2D eigenvalue weighted by molar-refractivity contribution is 6.30. The monoisotopic (exact) mass is 657 g/mol. The van der Waals surface area contributed by atoms with E-state index in [1.807, 2.05) is 6.08 Å². The molecule has 47 heavy (non-hydrogen) atoms. The van der Waals surface area contributed by atoms with Gasteiger partial charge in [-0.15, -0.1) is 0 Å². The smallest absolute Gasteiger partial charge is 0.260 e. The number of likely N-dealkylation sites (tertiary alicyclic amines) is 1. The van der Waals surface area contributed by atoms with Gasteiger partial charge < -0.3 is 9.84 Å². The zero-order valence-corrected chi connectivity index (χ0v) is 26.5. The number of hydrogen-bond donors (Lipinski definition) is 2. The van der Waals surface area contributed by atoms with E-state index < -0.39 is 52.6 Å². The Kier molecular flexibility index (Phi) is 7.58. The van der Waals surface area contributed by atoms with Crippen LogP contribution < -0.4 is 10.2 Å². The molecular weight excluding hydrogens is 625 g/mol. The summed E-state index contributed by atoms with van der Waals surface area (Å²) in [5, 5.41) is 12.1. The minimum absolute atomic E-state index is 0.0821. The van der Waals surface area contributed by atoms with Crippen LogP contribution in [0.2, 0.25) is 5.02 Å². The number of halogens is 2. The van der Waals surface area contributed by atoms with E-state index in [0.29, 0.717) is 28.3 Å². The number of phenolic OH excluding ortho intramolecular Hbond substituents is 1. The van der Waals surface area contributed by atoms with Crippen molar-refractivity contribution in [2.75, 3.05) is 18.6 Å². The predicted molar refractivity (Wildman–Crippen MR) is 171 cm³/mol. The lowest BCUT2D eigenvalue weighted by molar-refractivity contribution is -0.141. The first-order chi connectivity index (χ1) is 22.6. The number of benzene rings is 3. The maximum Gasteiger partial charge on any atom is 0.260 e.